The Bertz CT molecular complexity index is 350. The first-order valence-corrected chi connectivity index (χ1v) is 8.13. The van der Waals surface area contributed by atoms with Crippen molar-refractivity contribution < 1.29 is 5.11 Å². The summed E-state index contributed by atoms with van der Waals surface area (Å²) in [6.07, 6.45) is 0.868. The maximum atomic E-state index is 8.93. The molecule has 2 atom stereocenters. The van der Waals surface area contributed by atoms with Gasteiger partial charge in [0.1, 0.15) is 0 Å². The lowest BCUT2D eigenvalue weighted by Crippen LogP contribution is -2.20. The van der Waals surface area contributed by atoms with Gasteiger partial charge in [-0.1, -0.05) is 45.0 Å². The molecule has 0 aromatic heterocycles. The summed E-state index contributed by atoms with van der Waals surface area (Å²) in [5, 5.41) is 12.8. The van der Waals surface area contributed by atoms with Gasteiger partial charge in [0, 0.05) is 23.7 Å². The lowest BCUT2D eigenvalue weighted by Gasteiger charge is -2.19. The fraction of sp³-hybridized carbons (Fsp3) is 0.625. The molecule has 0 heterocycles. The third kappa shape index (κ3) is 5.55. The molecule has 1 aromatic carbocycles. The van der Waals surface area contributed by atoms with Gasteiger partial charge in [-0.15, -0.1) is 0 Å². The number of benzene rings is 1. The second-order valence-electron chi connectivity index (χ2n) is 5.32. The zero-order valence-electron chi connectivity index (χ0n) is 12.5. The summed E-state index contributed by atoms with van der Waals surface area (Å²) < 4.78 is 0. The standard InChI is InChI=1S/C16H27NOS/c1-12(2)14-5-7-15(8-6-14)16(17-4)11-19-13(3)9-10-18/h5-8,12-13,16-18H,9-11H2,1-4H3. The van der Waals surface area contributed by atoms with Gasteiger partial charge in [-0.2, -0.15) is 11.8 Å². The lowest BCUT2D eigenvalue weighted by atomic mass is 10.00. The van der Waals surface area contributed by atoms with E-state index in [-0.39, 0.29) is 6.61 Å². The van der Waals surface area contributed by atoms with Crippen LogP contribution in [0.5, 0.6) is 0 Å². The molecule has 19 heavy (non-hydrogen) atoms. The molecule has 1 rings (SSSR count). The van der Waals surface area contributed by atoms with Crippen LogP contribution in [-0.4, -0.2) is 29.8 Å². The summed E-state index contributed by atoms with van der Waals surface area (Å²) in [5.74, 6) is 1.62. The molecule has 0 spiro atoms. The molecule has 108 valence electrons. The van der Waals surface area contributed by atoms with E-state index in [1.54, 1.807) is 0 Å². The van der Waals surface area contributed by atoms with Gasteiger partial charge in [-0.25, -0.2) is 0 Å². The van der Waals surface area contributed by atoms with Gasteiger partial charge in [0.25, 0.3) is 0 Å². The van der Waals surface area contributed by atoms with Gasteiger partial charge in [-0.3, -0.25) is 0 Å². The lowest BCUT2D eigenvalue weighted by molar-refractivity contribution is 0.289. The molecule has 0 amide bonds. The maximum absolute atomic E-state index is 8.93. The monoisotopic (exact) mass is 281 g/mol. The van der Waals surface area contributed by atoms with Crippen molar-refractivity contribution in [3.63, 3.8) is 0 Å². The van der Waals surface area contributed by atoms with Gasteiger partial charge in [0.2, 0.25) is 0 Å². The Morgan fingerprint density at radius 2 is 1.68 bits per heavy atom. The number of hydrogen-bond donors (Lipinski definition) is 2. The third-order valence-electron chi connectivity index (χ3n) is 3.44. The van der Waals surface area contributed by atoms with Crippen LogP contribution in [0.3, 0.4) is 0 Å². The summed E-state index contributed by atoms with van der Waals surface area (Å²) in [7, 11) is 2.01. The number of aliphatic hydroxyl groups is 1. The number of hydrogen-bond acceptors (Lipinski definition) is 3. The Kier molecular flexibility index (Phi) is 7.51. The molecule has 0 saturated carbocycles. The van der Waals surface area contributed by atoms with Crippen LogP contribution in [0.25, 0.3) is 0 Å². The summed E-state index contributed by atoms with van der Waals surface area (Å²) in [6.45, 7) is 6.89. The summed E-state index contributed by atoms with van der Waals surface area (Å²) in [5.41, 5.74) is 2.73. The van der Waals surface area contributed by atoms with Crippen LogP contribution in [0.15, 0.2) is 24.3 Å². The van der Waals surface area contributed by atoms with Crippen molar-refractivity contribution in [3.05, 3.63) is 35.4 Å². The SMILES string of the molecule is CNC(CSC(C)CCO)c1ccc(C(C)C)cc1. The molecular weight excluding hydrogens is 254 g/mol. The van der Waals surface area contributed by atoms with Crippen LogP contribution >= 0.6 is 11.8 Å². The van der Waals surface area contributed by atoms with E-state index in [0.717, 1.165) is 12.2 Å². The molecule has 0 aliphatic heterocycles. The quantitative estimate of drug-likeness (QED) is 0.764. The average molecular weight is 281 g/mol. The van der Waals surface area contributed by atoms with Crippen LogP contribution in [-0.2, 0) is 0 Å². The highest BCUT2D eigenvalue weighted by atomic mass is 32.2. The molecule has 0 fully saturated rings. The summed E-state index contributed by atoms with van der Waals surface area (Å²) >= 11 is 1.92. The zero-order valence-corrected chi connectivity index (χ0v) is 13.3. The van der Waals surface area contributed by atoms with Crippen LogP contribution < -0.4 is 5.32 Å². The molecule has 2 unspecified atom stereocenters. The third-order valence-corrected chi connectivity index (χ3v) is 4.77. The van der Waals surface area contributed by atoms with Crippen molar-refractivity contribution >= 4 is 11.8 Å². The minimum absolute atomic E-state index is 0.279. The Balaban J connectivity index is 2.59. The Hall–Kier alpha value is -0.510. The number of aliphatic hydroxyl groups excluding tert-OH is 1. The van der Waals surface area contributed by atoms with Gasteiger partial charge in [0.05, 0.1) is 0 Å². The Morgan fingerprint density at radius 3 is 2.16 bits per heavy atom. The Morgan fingerprint density at radius 1 is 1.11 bits per heavy atom. The minimum atomic E-state index is 0.279. The first-order chi connectivity index (χ1) is 9.08. The summed E-state index contributed by atoms with van der Waals surface area (Å²) in [4.78, 5) is 0. The van der Waals surface area contributed by atoms with Gasteiger partial charge >= 0.3 is 0 Å². The second kappa shape index (κ2) is 8.62. The predicted molar refractivity (Wildman–Crippen MR) is 86.0 cm³/mol. The van der Waals surface area contributed by atoms with E-state index >= 15 is 0 Å². The van der Waals surface area contributed by atoms with Crippen LogP contribution in [0, 0.1) is 0 Å². The second-order valence-corrected chi connectivity index (χ2v) is 6.79. The number of thioether (sulfide) groups is 1. The van der Waals surface area contributed by atoms with E-state index in [2.05, 4.69) is 50.4 Å². The topological polar surface area (TPSA) is 32.3 Å². The minimum Gasteiger partial charge on any atom is -0.396 e. The van der Waals surface area contributed by atoms with E-state index < -0.39 is 0 Å². The Labute approximate surface area is 122 Å². The van der Waals surface area contributed by atoms with Crippen molar-refractivity contribution in [2.75, 3.05) is 19.4 Å². The molecule has 0 saturated heterocycles. The van der Waals surface area contributed by atoms with Gasteiger partial charge in [-0.05, 0) is 30.5 Å². The van der Waals surface area contributed by atoms with E-state index in [1.807, 2.05) is 18.8 Å². The van der Waals surface area contributed by atoms with E-state index in [9.17, 15) is 0 Å². The van der Waals surface area contributed by atoms with Crippen molar-refractivity contribution in [2.24, 2.45) is 0 Å². The van der Waals surface area contributed by atoms with Crippen molar-refractivity contribution in [1.82, 2.24) is 5.32 Å². The number of rotatable bonds is 8. The van der Waals surface area contributed by atoms with Crippen LogP contribution in [0.1, 0.15) is 50.3 Å². The highest BCUT2D eigenvalue weighted by Gasteiger charge is 2.12. The van der Waals surface area contributed by atoms with E-state index in [0.29, 0.717) is 17.2 Å². The molecule has 0 radical (unpaired) electrons. The molecule has 2 N–H and O–H groups in total. The molecule has 1 aromatic rings. The van der Waals surface area contributed by atoms with Crippen LogP contribution in [0.4, 0.5) is 0 Å². The molecular formula is C16H27NOS. The smallest absolute Gasteiger partial charge is 0.0441 e. The highest BCUT2D eigenvalue weighted by molar-refractivity contribution is 7.99. The van der Waals surface area contributed by atoms with E-state index in [1.165, 1.54) is 11.1 Å². The van der Waals surface area contributed by atoms with Crippen LogP contribution in [0.2, 0.25) is 0 Å². The van der Waals surface area contributed by atoms with Gasteiger partial charge < -0.3 is 10.4 Å². The molecule has 0 aliphatic rings. The van der Waals surface area contributed by atoms with Crippen molar-refractivity contribution in [2.45, 2.75) is 44.4 Å². The zero-order chi connectivity index (χ0) is 14.3. The van der Waals surface area contributed by atoms with Gasteiger partial charge in [0.15, 0.2) is 0 Å². The molecule has 0 bridgehead atoms. The van der Waals surface area contributed by atoms with Crippen molar-refractivity contribution in [3.8, 4) is 0 Å². The molecule has 2 nitrogen and oxygen atoms in total. The van der Waals surface area contributed by atoms with E-state index in [4.69, 9.17) is 5.11 Å². The van der Waals surface area contributed by atoms with Crippen molar-refractivity contribution in [1.29, 1.82) is 0 Å². The fourth-order valence-corrected chi connectivity index (χ4v) is 3.14. The fourth-order valence-electron chi connectivity index (χ4n) is 1.99. The largest absolute Gasteiger partial charge is 0.396 e. The first kappa shape index (κ1) is 16.5. The highest BCUT2D eigenvalue weighted by Crippen LogP contribution is 2.24. The summed E-state index contributed by atoms with van der Waals surface area (Å²) in [6, 6.07) is 9.30. The first-order valence-electron chi connectivity index (χ1n) is 7.08. The normalized spacial score (nSPS) is 14.6. The molecule has 3 heteroatoms. The molecule has 0 aliphatic carbocycles. The maximum Gasteiger partial charge on any atom is 0.0441 e. The number of nitrogens with one attached hydrogen (secondary N) is 1. The predicted octanol–water partition coefficient (Wildman–Crippen LogP) is 3.57. The average Bonchev–Trinajstić information content (AvgIpc) is 2.40.